The first-order valence-corrected chi connectivity index (χ1v) is 8.52. The molecule has 2 atom stereocenters. The normalized spacial score (nSPS) is 14.9. The molecule has 1 amide bonds. The van der Waals surface area contributed by atoms with Crippen molar-refractivity contribution < 1.29 is 14.6 Å². The number of carbonyl (C=O) groups excluding carboxylic acids is 1. The second-order valence-electron chi connectivity index (χ2n) is 7.35. The zero-order valence-electron chi connectivity index (χ0n) is 16.3. The molecule has 134 valence electrons. The van der Waals surface area contributed by atoms with Crippen LogP contribution in [0.15, 0.2) is 23.5 Å². The Morgan fingerprint density at radius 3 is 1.83 bits per heavy atom. The Labute approximate surface area is 142 Å². The van der Waals surface area contributed by atoms with E-state index in [1.165, 1.54) is 0 Å². The van der Waals surface area contributed by atoms with E-state index < -0.39 is 6.10 Å². The average molecular weight is 325 g/mol. The van der Waals surface area contributed by atoms with Gasteiger partial charge in [0.15, 0.2) is 0 Å². The highest BCUT2D eigenvalue weighted by Gasteiger charge is 2.23. The molecule has 4 nitrogen and oxygen atoms in total. The van der Waals surface area contributed by atoms with Gasteiger partial charge in [-0.2, -0.15) is 0 Å². The Hall–Kier alpha value is -1.29. The van der Waals surface area contributed by atoms with Gasteiger partial charge in [0.1, 0.15) is 5.76 Å². The highest BCUT2D eigenvalue weighted by Crippen LogP contribution is 2.19. The Morgan fingerprint density at radius 1 is 1.00 bits per heavy atom. The van der Waals surface area contributed by atoms with Crippen LogP contribution < -0.4 is 0 Å². The Morgan fingerprint density at radius 2 is 1.48 bits per heavy atom. The maximum absolute atomic E-state index is 12.5. The van der Waals surface area contributed by atoms with Crippen molar-refractivity contribution in [3.8, 4) is 0 Å². The van der Waals surface area contributed by atoms with Crippen LogP contribution in [-0.4, -0.2) is 34.3 Å². The molecular formula is C19H35NO3. The van der Waals surface area contributed by atoms with Gasteiger partial charge in [-0.05, 0) is 59.6 Å². The van der Waals surface area contributed by atoms with Gasteiger partial charge in [0.2, 0.25) is 0 Å². The van der Waals surface area contributed by atoms with Crippen molar-refractivity contribution in [2.75, 3.05) is 0 Å². The molecule has 0 spiro atoms. The molecule has 1 N–H and O–H groups in total. The molecule has 0 bridgehead atoms. The fourth-order valence-electron chi connectivity index (χ4n) is 2.53. The summed E-state index contributed by atoms with van der Waals surface area (Å²) in [6.07, 6.45) is 2.83. The summed E-state index contributed by atoms with van der Waals surface area (Å²) in [5.74, 6) is 0.543. The minimum Gasteiger partial charge on any atom is -0.411 e. The van der Waals surface area contributed by atoms with Crippen molar-refractivity contribution in [2.24, 2.45) is 11.8 Å². The predicted molar refractivity (Wildman–Crippen MR) is 96.1 cm³/mol. The monoisotopic (exact) mass is 325 g/mol. The highest BCUT2D eigenvalue weighted by molar-refractivity contribution is 5.70. The van der Waals surface area contributed by atoms with E-state index in [0.29, 0.717) is 5.76 Å². The number of allylic oxidation sites excluding steroid dienone is 2. The molecule has 0 saturated carbocycles. The van der Waals surface area contributed by atoms with Gasteiger partial charge in [-0.25, -0.2) is 4.79 Å². The molecule has 0 fully saturated rings. The Bertz CT molecular complexity index is 424. The molecule has 0 aromatic carbocycles. The summed E-state index contributed by atoms with van der Waals surface area (Å²) in [5, 5.41) is 10.2. The third-order valence-corrected chi connectivity index (χ3v) is 3.61. The standard InChI is InChI=1S/C19H35NO3/c1-12(2)10-17(11-16(9)18(21)13(3)4)23-19(22)20(14(5)6)15(7)8/h10-11,13-16,18,21H,1-9H3/b17-11-/t16-,18+/m0/s1. The fourth-order valence-corrected chi connectivity index (χ4v) is 2.53. The maximum atomic E-state index is 12.5. The van der Waals surface area contributed by atoms with E-state index in [4.69, 9.17) is 4.74 Å². The van der Waals surface area contributed by atoms with Crippen molar-refractivity contribution >= 4 is 6.09 Å². The lowest BCUT2D eigenvalue weighted by molar-refractivity contribution is 0.0858. The molecule has 0 radical (unpaired) electrons. The van der Waals surface area contributed by atoms with Gasteiger partial charge < -0.3 is 14.7 Å². The molecule has 0 unspecified atom stereocenters. The van der Waals surface area contributed by atoms with Crippen LogP contribution in [0.25, 0.3) is 0 Å². The zero-order valence-corrected chi connectivity index (χ0v) is 16.3. The molecule has 0 rings (SSSR count). The number of ether oxygens (including phenoxy) is 1. The SMILES string of the molecule is CC(C)=C/C(=C/[C@H](C)[C@H](O)C(C)C)OC(=O)N(C(C)C)C(C)C. The Kier molecular flexibility index (Phi) is 9.21. The number of hydrogen-bond donors (Lipinski definition) is 1. The van der Waals surface area contributed by atoms with Gasteiger partial charge in [-0.3, -0.25) is 0 Å². The van der Waals surface area contributed by atoms with Gasteiger partial charge in [0, 0.05) is 18.0 Å². The van der Waals surface area contributed by atoms with Crippen molar-refractivity contribution in [3.63, 3.8) is 0 Å². The first-order valence-electron chi connectivity index (χ1n) is 8.52. The van der Waals surface area contributed by atoms with Crippen LogP contribution in [0.3, 0.4) is 0 Å². The van der Waals surface area contributed by atoms with Gasteiger partial charge in [-0.1, -0.05) is 26.3 Å². The van der Waals surface area contributed by atoms with Gasteiger partial charge in [-0.15, -0.1) is 0 Å². The van der Waals surface area contributed by atoms with E-state index >= 15 is 0 Å². The number of nitrogens with zero attached hydrogens (tertiary/aromatic N) is 1. The largest absolute Gasteiger partial charge is 0.415 e. The number of aliphatic hydroxyl groups excluding tert-OH is 1. The fraction of sp³-hybridized carbons (Fsp3) is 0.737. The molecule has 23 heavy (non-hydrogen) atoms. The van der Waals surface area contributed by atoms with Gasteiger partial charge in [0.05, 0.1) is 6.10 Å². The van der Waals surface area contributed by atoms with E-state index in [1.807, 2.05) is 74.5 Å². The highest BCUT2D eigenvalue weighted by atomic mass is 16.6. The summed E-state index contributed by atoms with van der Waals surface area (Å²) < 4.78 is 5.61. The van der Waals surface area contributed by atoms with Crippen molar-refractivity contribution in [1.82, 2.24) is 4.90 Å². The van der Waals surface area contributed by atoms with Crippen molar-refractivity contribution in [1.29, 1.82) is 0 Å². The van der Waals surface area contributed by atoms with Crippen molar-refractivity contribution in [2.45, 2.75) is 80.5 Å². The van der Waals surface area contributed by atoms with Crippen LogP contribution in [0.2, 0.25) is 0 Å². The van der Waals surface area contributed by atoms with Crippen LogP contribution in [0, 0.1) is 11.8 Å². The summed E-state index contributed by atoms with van der Waals surface area (Å²) in [5.41, 5.74) is 1.04. The summed E-state index contributed by atoms with van der Waals surface area (Å²) in [6.45, 7) is 17.7. The van der Waals surface area contributed by atoms with Crippen molar-refractivity contribution in [3.05, 3.63) is 23.5 Å². The molecule has 0 heterocycles. The summed E-state index contributed by atoms with van der Waals surface area (Å²) in [4.78, 5) is 14.2. The number of aliphatic hydroxyl groups is 1. The lowest BCUT2D eigenvalue weighted by Crippen LogP contribution is -2.42. The number of carbonyl (C=O) groups is 1. The van der Waals surface area contributed by atoms with E-state index in [9.17, 15) is 9.90 Å². The minimum atomic E-state index is -0.472. The first-order chi connectivity index (χ1) is 10.5. The molecule has 0 saturated heterocycles. The second-order valence-corrected chi connectivity index (χ2v) is 7.35. The van der Waals surface area contributed by atoms with E-state index in [0.717, 1.165) is 5.57 Å². The third kappa shape index (κ3) is 7.69. The van der Waals surface area contributed by atoms with Crippen LogP contribution in [0.4, 0.5) is 4.79 Å². The first kappa shape index (κ1) is 21.7. The summed E-state index contributed by atoms with van der Waals surface area (Å²) in [7, 11) is 0. The second kappa shape index (κ2) is 9.76. The summed E-state index contributed by atoms with van der Waals surface area (Å²) >= 11 is 0. The van der Waals surface area contributed by atoms with Gasteiger partial charge in [0.25, 0.3) is 0 Å². The van der Waals surface area contributed by atoms with Crippen LogP contribution >= 0.6 is 0 Å². The van der Waals surface area contributed by atoms with Crippen LogP contribution in [-0.2, 0) is 4.74 Å². The molecule has 4 heteroatoms. The average Bonchev–Trinajstić information content (AvgIpc) is 2.35. The molecule has 0 aromatic heterocycles. The smallest absolute Gasteiger partial charge is 0.411 e. The number of rotatable bonds is 7. The van der Waals surface area contributed by atoms with Crippen LogP contribution in [0.5, 0.6) is 0 Å². The predicted octanol–water partition coefficient (Wildman–Crippen LogP) is 4.74. The molecule has 0 aliphatic heterocycles. The lowest BCUT2D eigenvalue weighted by atomic mass is 9.94. The maximum Gasteiger partial charge on any atom is 0.415 e. The molecule has 0 aliphatic rings. The molecule has 0 aliphatic carbocycles. The minimum absolute atomic E-state index is 0.0640. The van der Waals surface area contributed by atoms with Crippen LogP contribution in [0.1, 0.15) is 62.3 Å². The molecular weight excluding hydrogens is 290 g/mol. The zero-order chi connectivity index (χ0) is 18.3. The number of hydrogen-bond acceptors (Lipinski definition) is 3. The quantitative estimate of drug-likeness (QED) is 0.543. The number of amides is 1. The van der Waals surface area contributed by atoms with Gasteiger partial charge >= 0.3 is 6.09 Å². The third-order valence-electron chi connectivity index (χ3n) is 3.61. The lowest BCUT2D eigenvalue weighted by Gasteiger charge is -2.30. The summed E-state index contributed by atoms with van der Waals surface area (Å²) in [6, 6.07) is 0.128. The Balaban J connectivity index is 5.36. The van der Waals surface area contributed by atoms with E-state index in [2.05, 4.69) is 0 Å². The van der Waals surface area contributed by atoms with E-state index in [1.54, 1.807) is 4.90 Å². The molecule has 0 aromatic rings. The topological polar surface area (TPSA) is 49.8 Å². The van der Waals surface area contributed by atoms with E-state index in [-0.39, 0.29) is 30.0 Å².